The highest BCUT2D eigenvalue weighted by atomic mass is 35.5. The summed E-state index contributed by atoms with van der Waals surface area (Å²) in [6.45, 7) is 3.63. The van der Waals surface area contributed by atoms with Crippen molar-refractivity contribution in [2.75, 3.05) is 13.2 Å². The third-order valence-corrected chi connectivity index (χ3v) is 4.28. The van der Waals surface area contributed by atoms with Crippen LogP contribution in [-0.4, -0.2) is 32.3 Å². The van der Waals surface area contributed by atoms with Crippen LogP contribution in [0, 0.1) is 0 Å². The molecule has 1 aromatic rings. The number of aliphatic hydroxyl groups is 1. The maximum atomic E-state index is 10.8. The van der Waals surface area contributed by atoms with Gasteiger partial charge in [0, 0.05) is 11.4 Å². The van der Waals surface area contributed by atoms with Crippen molar-refractivity contribution in [3.8, 4) is 5.75 Å². The first-order valence-electron chi connectivity index (χ1n) is 7.00. The van der Waals surface area contributed by atoms with Gasteiger partial charge in [-0.3, -0.25) is 4.18 Å². The van der Waals surface area contributed by atoms with Crippen LogP contribution in [0.4, 0.5) is 0 Å². The molecule has 0 aliphatic rings. The smallest absolute Gasteiger partial charge is 0.333 e. The van der Waals surface area contributed by atoms with Crippen molar-refractivity contribution < 1.29 is 22.4 Å². The molecule has 0 atom stereocenters. The van der Waals surface area contributed by atoms with Gasteiger partial charge in [0.1, 0.15) is 11.4 Å². The van der Waals surface area contributed by atoms with Crippen LogP contribution in [0.1, 0.15) is 32.3 Å². The average Bonchev–Trinajstić information content (AvgIpc) is 2.46. The number of rotatable bonds is 9. The highest BCUT2D eigenvalue weighted by Gasteiger charge is 2.28. The average molecular weight is 352 g/mol. The first-order chi connectivity index (χ1) is 10.2. The summed E-state index contributed by atoms with van der Waals surface area (Å²) in [7, 11) is -3.98. The zero-order valence-electron chi connectivity index (χ0n) is 12.7. The molecule has 0 aliphatic heterocycles. The van der Waals surface area contributed by atoms with Crippen LogP contribution in [0.5, 0.6) is 5.75 Å². The molecule has 1 rings (SSSR count). The molecule has 22 heavy (non-hydrogen) atoms. The second kappa shape index (κ2) is 8.12. The number of benzene rings is 1. The van der Waals surface area contributed by atoms with Crippen LogP contribution < -0.4 is 9.88 Å². The van der Waals surface area contributed by atoms with E-state index >= 15 is 0 Å². The van der Waals surface area contributed by atoms with Gasteiger partial charge in [-0.2, -0.15) is 8.42 Å². The lowest BCUT2D eigenvalue weighted by Gasteiger charge is -2.31. The van der Waals surface area contributed by atoms with Crippen molar-refractivity contribution >= 4 is 21.9 Å². The quantitative estimate of drug-likeness (QED) is 0.709. The molecule has 8 heteroatoms. The van der Waals surface area contributed by atoms with Gasteiger partial charge in [0.05, 0.1) is 13.2 Å². The minimum absolute atomic E-state index is 0.111. The van der Waals surface area contributed by atoms with Gasteiger partial charge in [-0.15, -0.1) is 0 Å². The SMILES string of the molecule is CCC(CC)(CO)Oc1ccc(Cl)cc1CCOS(N)(=O)=O. The molecule has 0 saturated heterocycles. The standard InChI is InChI=1S/C14H22ClNO5S/c1-3-14(4-2,10-17)21-13-6-5-12(15)9-11(13)7-8-20-22(16,18)19/h5-6,9,17H,3-4,7-8,10H2,1-2H3,(H2,16,18,19). The largest absolute Gasteiger partial charge is 0.485 e. The van der Waals surface area contributed by atoms with Crippen LogP contribution >= 0.6 is 11.6 Å². The number of nitrogens with two attached hydrogens (primary N) is 1. The van der Waals surface area contributed by atoms with Gasteiger partial charge >= 0.3 is 10.3 Å². The van der Waals surface area contributed by atoms with Crippen LogP contribution in [-0.2, 0) is 20.9 Å². The molecule has 126 valence electrons. The van der Waals surface area contributed by atoms with E-state index in [0.717, 1.165) is 0 Å². The van der Waals surface area contributed by atoms with E-state index in [1.165, 1.54) is 0 Å². The van der Waals surface area contributed by atoms with Gasteiger partial charge in [-0.05, 0) is 36.6 Å². The van der Waals surface area contributed by atoms with Crippen LogP contribution in [0.25, 0.3) is 0 Å². The summed E-state index contributed by atoms with van der Waals surface area (Å²) in [6.07, 6.45) is 1.53. The van der Waals surface area contributed by atoms with E-state index in [9.17, 15) is 13.5 Å². The monoisotopic (exact) mass is 351 g/mol. The predicted octanol–water partition coefficient (Wildman–Crippen LogP) is 2.03. The van der Waals surface area contributed by atoms with Gasteiger partial charge in [-0.1, -0.05) is 25.4 Å². The fraction of sp³-hybridized carbons (Fsp3) is 0.571. The Morgan fingerprint density at radius 2 is 1.95 bits per heavy atom. The Bertz CT molecular complexity index is 579. The highest BCUT2D eigenvalue weighted by Crippen LogP contribution is 2.30. The summed E-state index contributed by atoms with van der Waals surface area (Å²) in [5.41, 5.74) is 0.0134. The molecule has 0 radical (unpaired) electrons. The molecule has 0 amide bonds. The summed E-state index contributed by atoms with van der Waals surface area (Å²) in [4.78, 5) is 0. The lowest BCUT2D eigenvalue weighted by Crippen LogP contribution is -2.39. The van der Waals surface area contributed by atoms with E-state index in [1.807, 2.05) is 13.8 Å². The van der Waals surface area contributed by atoms with Gasteiger partial charge in [0.15, 0.2) is 0 Å². The predicted molar refractivity (Wildman–Crippen MR) is 85.2 cm³/mol. The first kappa shape index (κ1) is 19.2. The summed E-state index contributed by atoms with van der Waals surface area (Å²) >= 11 is 5.97. The summed E-state index contributed by atoms with van der Waals surface area (Å²) in [6, 6.07) is 5.05. The molecular weight excluding hydrogens is 330 g/mol. The lowest BCUT2D eigenvalue weighted by atomic mass is 9.98. The lowest BCUT2D eigenvalue weighted by molar-refractivity contribution is 0.00195. The van der Waals surface area contributed by atoms with Gasteiger partial charge < -0.3 is 9.84 Å². The van der Waals surface area contributed by atoms with E-state index in [2.05, 4.69) is 4.18 Å². The number of halogens is 1. The molecule has 0 spiro atoms. The zero-order valence-corrected chi connectivity index (χ0v) is 14.3. The molecule has 0 unspecified atom stereocenters. The van der Waals surface area contributed by atoms with Crippen molar-refractivity contribution in [2.24, 2.45) is 5.14 Å². The first-order valence-corrected chi connectivity index (χ1v) is 8.85. The number of aliphatic hydroxyl groups excluding tert-OH is 1. The minimum Gasteiger partial charge on any atom is -0.485 e. The Morgan fingerprint density at radius 1 is 1.32 bits per heavy atom. The minimum atomic E-state index is -3.98. The van der Waals surface area contributed by atoms with Crippen molar-refractivity contribution in [2.45, 2.75) is 38.7 Å². The molecule has 0 saturated carbocycles. The number of hydrogen-bond acceptors (Lipinski definition) is 5. The molecule has 0 fully saturated rings. The molecule has 0 bridgehead atoms. The van der Waals surface area contributed by atoms with Crippen molar-refractivity contribution in [1.82, 2.24) is 0 Å². The molecule has 1 aromatic carbocycles. The number of ether oxygens (including phenoxy) is 1. The van der Waals surface area contributed by atoms with Gasteiger partial charge in [0.2, 0.25) is 0 Å². The number of hydrogen-bond donors (Lipinski definition) is 2. The maximum absolute atomic E-state index is 10.8. The normalized spacial score (nSPS) is 12.4. The molecule has 3 N–H and O–H groups in total. The Kier molecular flexibility index (Phi) is 7.08. The second-order valence-electron chi connectivity index (χ2n) is 4.97. The Balaban J connectivity index is 2.95. The Morgan fingerprint density at radius 3 is 2.45 bits per heavy atom. The molecular formula is C14H22ClNO5S. The van der Waals surface area contributed by atoms with Gasteiger partial charge in [0.25, 0.3) is 0 Å². The van der Waals surface area contributed by atoms with Crippen molar-refractivity contribution in [3.63, 3.8) is 0 Å². The second-order valence-corrected chi connectivity index (χ2v) is 6.62. The van der Waals surface area contributed by atoms with Crippen molar-refractivity contribution in [3.05, 3.63) is 28.8 Å². The topological polar surface area (TPSA) is 98.8 Å². The van der Waals surface area contributed by atoms with E-state index in [0.29, 0.717) is 29.2 Å². The fourth-order valence-corrected chi connectivity index (χ4v) is 2.50. The molecule has 0 heterocycles. The van der Waals surface area contributed by atoms with E-state index in [4.69, 9.17) is 21.5 Å². The Labute approximate surface area is 136 Å². The molecule has 6 nitrogen and oxygen atoms in total. The van der Waals surface area contributed by atoms with E-state index < -0.39 is 15.9 Å². The van der Waals surface area contributed by atoms with Crippen LogP contribution in [0.2, 0.25) is 5.02 Å². The third-order valence-electron chi connectivity index (χ3n) is 3.54. The van der Waals surface area contributed by atoms with Crippen LogP contribution in [0.15, 0.2) is 18.2 Å². The Hall–Kier alpha value is -0.860. The zero-order chi connectivity index (χ0) is 16.8. The summed E-state index contributed by atoms with van der Waals surface area (Å²) in [5.74, 6) is 0.542. The van der Waals surface area contributed by atoms with Crippen LogP contribution in [0.3, 0.4) is 0 Å². The third kappa shape index (κ3) is 5.73. The van der Waals surface area contributed by atoms with E-state index in [1.54, 1.807) is 18.2 Å². The summed E-state index contributed by atoms with van der Waals surface area (Å²) in [5, 5.41) is 14.9. The fourth-order valence-electron chi connectivity index (χ4n) is 1.99. The highest BCUT2D eigenvalue weighted by molar-refractivity contribution is 7.84. The van der Waals surface area contributed by atoms with Gasteiger partial charge in [-0.25, -0.2) is 5.14 Å². The van der Waals surface area contributed by atoms with Crippen molar-refractivity contribution in [1.29, 1.82) is 0 Å². The maximum Gasteiger partial charge on any atom is 0.333 e. The summed E-state index contributed by atoms with van der Waals surface area (Å²) < 4.78 is 32.1. The molecule has 0 aromatic heterocycles. The van der Waals surface area contributed by atoms with E-state index in [-0.39, 0.29) is 19.6 Å². The molecule has 0 aliphatic carbocycles.